The summed E-state index contributed by atoms with van der Waals surface area (Å²) in [6.07, 6.45) is 2.95. The van der Waals surface area contributed by atoms with Crippen LogP contribution in [-0.4, -0.2) is 15.9 Å². The molecule has 3 aromatic rings. The molecule has 0 fully saturated rings. The van der Waals surface area contributed by atoms with Crippen molar-refractivity contribution in [3.8, 4) is 11.4 Å². The van der Waals surface area contributed by atoms with Crippen LogP contribution in [0.15, 0.2) is 60.9 Å². The Hall–Kier alpha value is -2.79. The summed E-state index contributed by atoms with van der Waals surface area (Å²) in [4.78, 5) is 20.4. The van der Waals surface area contributed by atoms with Gasteiger partial charge in [-0.1, -0.05) is 41.9 Å². The van der Waals surface area contributed by atoms with Gasteiger partial charge in [0, 0.05) is 10.6 Å². The molecule has 0 radical (unpaired) electrons. The number of halogens is 2. The number of carbonyl (C=O) groups is 1. The fourth-order valence-corrected chi connectivity index (χ4v) is 2.38. The van der Waals surface area contributed by atoms with E-state index in [1.165, 1.54) is 18.5 Å². The lowest BCUT2D eigenvalue weighted by Gasteiger charge is -2.06. The van der Waals surface area contributed by atoms with Crippen molar-refractivity contribution in [1.82, 2.24) is 9.97 Å². The highest BCUT2D eigenvalue weighted by Gasteiger charge is 2.09. The van der Waals surface area contributed by atoms with Crippen molar-refractivity contribution < 1.29 is 9.18 Å². The highest BCUT2D eigenvalue weighted by molar-refractivity contribution is 6.30. The van der Waals surface area contributed by atoms with E-state index in [-0.39, 0.29) is 12.3 Å². The Morgan fingerprint density at radius 1 is 1.08 bits per heavy atom. The molecule has 2 aromatic carbocycles. The van der Waals surface area contributed by atoms with Gasteiger partial charge in [0.15, 0.2) is 5.82 Å². The molecule has 1 amide bonds. The molecule has 120 valence electrons. The van der Waals surface area contributed by atoms with Crippen molar-refractivity contribution in [1.29, 1.82) is 0 Å². The first-order valence-corrected chi connectivity index (χ1v) is 7.61. The zero-order valence-corrected chi connectivity index (χ0v) is 13.3. The van der Waals surface area contributed by atoms with Crippen LogP contribution in [0, 0.1) is 5.82 Å². The lowest BCUT2D eigenvalue weighted by Crippen LogP contribution is -2.15. The maximum atomic E-state index is 13.5. The van der Waals surface area contributed by atoms with E-state index in [4.69, 9.17) is 11.6 Å². The molecule has 0 aliphatic rings. The van der Waals surface area contributed by atoms with Crippen LogP contribution in [0.2, 0.25) is 5.02 Å². The predicted octanol–water partition coefficient (Wildman–Crippen LogP) is 4.12. The molecular formula is C18H13ClFN3O. The van der Waals surface area contributed by atoms with E-state index >= 15 is 0 Å². The number of benzene rings is 2. The number of aromatic nitrogens is 2. The number of carbonyl (C=O) groups excluding carboxylic acids is 1. The van der Waals surface area contributed by atoms with E-state index in [9.17, 15) is 9.18 Å². The first-order chi connectivity index (χ1) is 11.6. The van der Waals surface area contributed by atoms with Gasteiger partial charge in [0.1, 0.15) is 5.82 Å². The Morgan fingerprint density at radius 3 is 2.54 bits per heavy atom. The van der Waals surface area contributed by atoms with E-state index < -0.39 is 5.82 Å². The quantitative estimate of drug-likeness (QED) is 0.776. The van der Waals surface area contributed by atoms with Crippen molar-refractivity contribution in [2.24, 2.45) is 0 Å². The molecular weight excluding hydrogens is 329 g/mol. The summed E-state index contributed by atoms with van der Waals surface area (Å²) in [6, 6.07) is 13.4. The Kier molecular flexibility index (Phi) is 4.82. The Balaban J connectivity index is 1.68. The third kappa shape index (κ3) is 3.94. The summed E-state index contributed by atoms with van der Waals surface area (Å²) in [6.45, 7) is 0. The second kappa shape index (κ2) is 7.19. The van der Waals surface area contributed by atoms with Crippen LogP contribution in [0.5, 0.6) is 0 Å². The second-order valence-corrected chi connectivity index (χ2v) is 5.56. The molecule has 1 aromatic heterocycles. The van der Waals surface area contributed by atoms with E-state index in [2.05, 4.69) is 15.3 Å². The van der Waals surface area contributed by atoms with Gasteiger partial charge in [-0.3, -0.25) is 4.79 Å². The molecule has 1 heterocycles. The smallest absolute Gasteiger partial charge is 0.228 e. The molecule has 24 heavy (non-hydrogen) atoms. The summed E-state index contributed by atoms with van der Waals surface area (Å²) in [5.74, 6) is -0.232. The molecule has 0 aliphatic carbocycles. The Bertz CT molecular complexity index is 868. The highest BCUT2D eigenvalue weighted by Crippen LogP contribution is 2.19. The summed E-state index contributed by atoms with van der Waals surface area (Å²) >= 11 is 5.94. The average molecular weight is 342 g/mol. The van der Waals surface area contributed by atoms with Gasteiger partial charge in [-0.25, -0.2) is 14.4 Å². The SMILES string of the molecule is O=C(Cc1ccccc1F)Nc1cnc(-c2cccc(Cl)c2)nc1. The monoisotopic (exact) mass is 341 g/mol. The fourth-order valence-electron chi connectivity index (χ4n) is 2.19. The van der Waals surface area contributed by atoms with Gasteiger partial charge in [-0.2, -0.15) is 0 Å². The van der Waals surface area contributed by atoms with Crippen LogP contribution >= 0.6 is 11.6 Å². The van der Waals surface area contributed by atoms with E-state index in [0.717, 1.165) is 5.56 Å². The van der Waals surface area contributed by atoms with Crippen LogP contribution in [0.1, 0.15) is 5.56 Å². The zero-order chi connectivity index (χ0) is 16.9. The Morgan fingerprint density at radius 2 is 1.83 bits per heavy atom. The highest BCUT2D eigenvalue weighted by atomic mass is 35.5. The lowest BCUT2D eigenvalue weighted by molar-refractivity contribution is -0.115. The van der Waals surface area contributed by atoms with Crippen molar-refractivity contribution >= 4 is 23.2 Å². The van der Waals surface area contributed by atoms with Gasteiger partial charge < -0.3 is 5.32 Å². The average Bonchev–Trinajstić information content (AvgIpc) is 2.58. The summed E-state index contributed by atoms with van der Waals surface area (Å²) in [5, 5.41) is 3.25. The number of hydrogen-bond acceptors (Lipinski definition) is 3. The Labute approximate surface area is 143 Å². The number of rotatable bonds is 4. The molecule has 0 unspecified atom stereocenters. The maximum Gasteiger partial charge on any atom is 0.228 e. The molecule has 1 N–H and O–H groups in total. The van der Waals surface area contributed by atoms with Crippen LogP contribution in [0.3, 0.4) is 0 Å². The second-order valence-electron chi connectivity index (χ2n) is 5.12. The first kappa shape index (κ1) is 16.1. The minimum absolute atomic E-state index is 0.0529. The first-order valence-electron chi connectivity index (χ1n) is 7.23. The number of hydrogen-bond donors (Lipinski definition) is 1. The topological polar surface area (TPSA) is 54.9 Å². The molecule has 0 saturated carbocycles. The van der Waals surface area contributed by atoms with Gasteiger partial charge >= 0.3 is 0 Å². The lowest BCUT2D eigenvalue weighted by atomic mass is 10.1. The molecule has 0 spiro atoms. The van der Waals surface area contributed by atoms with Gasteiger partial charge in [0.05, 0.1) is 24.5 Å². The molecule has 0 atom stereocenters. The van der Waals surface area contributed by atoms with Crippen LogP contribution in [0.4, 0.5) is 10.1 Å². The van der Waals surface area contributed by atoms with Gasteiger partial charge in [-0.15, -0.1) is 0 Å². The van der Waals surface area contributed by atoms with Gasteiger partial charge in [0.2, 0.25) is 5.91 Å². The van der Waals surface area contributed by atoms with E-state index in [1.807, 2.05) is 12.1 Å². The minimum Gasteiger partial charge on any atom is -0.323 e. The molecule has 0 bridgehead atoms. The number of nitrogens with one attached hydrogen (secondary N) is 1. The van der Waals surface area contributed by atoms with Gasteiger partial charge in [-0.05, 0) is 23.8 Å². The predicted molar refractivity (Wildman–Crippen MR) is 91.2 cm³/mol. The van der Waals surface area contributed by atoms with Crippen LogP contribution in [0.25, 0.3) is 11.4 Å². The number of amides is 1. The fraction of sp³-hybridized carbons (Fsp3) is 0.0556. The van der Waals surface area contributed by atoms with Crippen molar-refractivity contribution in [3.63, 3.8) is 0 Å². The number of anilines is 1. The zero-order valence-electron chi connectivity index (χ0n) is 12.5. The maximum absolute atomic E-state index is 13.5. The van der Waals surface area contributed by atoms with Gasteiger partial charge in [0.25, 0.3) is 0 Å². The van der Waals surface area contributed by atoms with Crippen LogP contribution in [-0.2, 0) is 11.2 Å². The van der Waals surface area contributed by atoms with Crippen molar-refractivity contribution in [2.75, 3.05) is 5.32 Å². The third-order valence-corrected chi connectivity index (χ3v) is 3.56. The number of nitrogens with zero attached hydrogens (tertiary/aromatic N) is 2. The molecule has 0 aliphatic heterocycles. The van der Waals surface area contributed by atoms with Crippen molar-refractivity contribution in [3.05, 3.63) is 77.3 Å². The molecule has 3 rings (SSSR count). The normalized spacial score (nSPS) is 10.4. The molecule has 6 heteroatoms. The summed E-state index contributed by atoms with van der Waals surface area (Å²) in [7, 11) is 0. The standard InChI is InChI=1S/C18H13ClFN3O/c19-14-6-3-5-13(8-14)18-21-10-15(11-22-18)23-17(24)9-12-4-1-2-7-16(12)20/h1-8,10-11H,9H2,(H,23,24). The molecule has 0 saturated heterocycles. The minimum atomic E-state index is -0.403. The van der Waals surface area contributed by atoms with E-state index in [0.29, 0.717) is 22.1 Å². The largest absolute Gasteiger partial charge is 0.323 e. The van der Waals surface area contributed by atoms with Crippen LogP contribution < -0.4 is 5.32 Å². The third-order valence-electron chi connectivity index (χ3n) is 3.33. The summed E-state index contributed by atoms with van der Waals surface area (Å²) < 4.78 is 13.5. The summed E-state index contributed by atoms with van der Waals surface area (Å²) in [5.41, 5.74) is 1.57. The molecule has 4 nitrogen and oxygen atoms in total. The van der Waals surface area contributed by atoms with E-state index in [1.54, 1.807) is 30.3 Å². The van der Waals surface area contributed by atoms with Crippen molar-refractivity contribution in [2.45, 2.75) is 6.42 Å².